The zero-order chi connectivity index (χ0) is 3.58. The summed E-state index contributed by atoms with van der Waals surface area (Å²) in [5.41, 5.74) is 0. The molecule has 0 fully saturated rings. The van der Waals surface area contributed by atoms with Gasteiger partial charge in [0.05, 0.1) is 0 Å². The first-order valence-electron chi connectivity index (χ1n) is 0.507. The van der Waals surface area contributed by atoms with Crippen molar-refractivity contribution in [2.24, 2.45) is 0 Å². The molecule has 5 heavy (non-hydrogen) atoms. The van der Waals surface area contributed by atoms with Crippen LogP contribution in [0.1, 0.15) is 0 Å². The van der Waals surface area contributed by atoms with E-state index in [1.165, 1.54) is 0 Å². The van der Waals surface area contributed by atoms with Crippen LogP contribution in [0.25, 0.3) is 0 Å². The minimum absolute atomic E-state index is 0. The Morgan fingerprint density at radius 3 is 1.00 bits per heavy atom. The quantitative estimate of drug-likeness (QED) is 0.546. The molecule has 0 aromatic rings. The fourth-order valence-electron chi connectivity index (χ4n) is 0. The predicted molar refractivity (Wildman–Crippen MR) is 30.6 cm³/mol. The van der Waals surface area contributed by atoms with Crippen LogP contribution >= 0.6 is 42.3 Å². The molecule has 0 heterocycles. The summed E-state index contributed by atoms with van der Waals surface area (Å²) in [6, 6.07) is 0. The van der Waals surface area contributed by atoms with E-state index < -0.39 is 11.8 Å². The van der Waals surface area contributed by atoms with Gasteiger partial charge in [-0.05, 0) is 0 Å². The van der Waals surface area contributed by atoms with Crippen LogP contribution in [-0.4, -0.2) is 11.8 Å². The average Bonchev–Trinajstić information content (AvgIpc) is 0.811. The van der Waals surface area contributed by atoms with Crippen molar-refractivity contribution >= 4 is 54.1 Å². The molecule has 0 nitrogen and oxygen atoms in total. The Hall–Kier alpha value is 1.72. The standard InChI is InChI=1S/AsCl3.ClH/c2-1(3)4;/h;1H. The van der Waals surface area contributed by atoms with Crippen molar-refractivity contribution in [3.05, 3.63) is 0 Å². The van der Waals surface area contributed by atoms with Crippen LogP contribution in [0.2, 0.25) is 0 Å². The van der Waals surface area contributed by atoms with Gasteiger partial charge in [-0.2, -0.15) is 0 Å². The van der Waals surface area contributed by atoms with Crippen molar-refractivity contribution in [2.45, 2.75) is 0 Å². The number of hydrogen-bond acceptors (Lipinski definition) is 0. The first kappa shape index (κ1) is 9.87. The van der Waals surface area contributed by atoms with Crippen LogP contribution in [0.3, 0.4) is 0 Å². The van der Waals surface area contributed by atoms with Gasteiger partial charge in [0.15, 0.2) is 0 Å². The zero-order valence-corrected chi connectivity index (χ0v) is 6.95. The van der Waals surface area contributed by atoms with Gasteiger partial charge in [-0.3, -0.25) is 0 Å². The van der Waals surface area contributed by atoms with Crippen molar-refractivity contribution in [2.75, 3.05) is 0 Å². The average molecular weight is 218 g/mol. The molecule has 5 heteroatoms. The van der Waals surface area contributed by atoms with Gasteiger partial charge in [0.25, 0.3) is 0 Å². The molecule has 0 saturated carbocycles. The molecule has 0 aliphatic heterocycles. The van der Waals surface area contributed by atoms with Gasteiger partial charge in [0.2, 0.25) is 0 Å². The Balaban J connectivity index is 0. The predicted octanol–water partition coefficient (Wildman–Crippen LogP) is 2.11. The Morgan fingerprint density at radius 2 is 1.00 bits per heavy atom. The van der Waals surface area contributed by atoms with E-state index in [4.69, 9.17) is 29.8 Å². The molecule has 0 aromatic carbocycles. The van der Waals surface area contributed by atoms with E-state index in [9.17, 15) is 0 Å². The molecule has 34 valence electrons. The monoisotopic (exact) mass is 216 g/mol. The second-order valence-electron chi connectivity index (χ2n) is 0.192. The maximum atomic E-state index is 4.95. The van der Waals surface area contributed by atoms with E-state index in [0.717, 1.165) is 0 Å². The van der Waals surface area contributed by atoms with E-state index in [1.54, 1.807) is 0 Å². The van der Waals surface area contributed by atoms with E-state index in [-0.39, 0.29) is 12.4 Å². The first-order chi connectivity index (χ1) is 1.73. The van der Waals surface area contributed by atoms with Crippen molar-refractivity contribution in [3.63, 3.8) is 0 Å². The van der Waals surface area contributed by atoms with E-state index in [1.807, 2.05) is 0 Å². The van der Waals surface area contributed by atoms with Crippen LogP contribution < -0.4 is 0 Å². The molecule has 0 bridgehead atoms. The molecule has 0 amide bonds. The first-order valence-corrected chi connectivity index (χ1v) is 7.90. The Bertz CT molecular complexity index is 8.36. The van der Waals surface area contributed by atoms with Gasteiger partial charge in [-0.1, -0.05) is 0 Å². The summed E-state index contributed by atoms with van der Waals surface area (Å²) in [4.78, 5) is 0. The summed E-state index contributed by atoms with van der Waals surface area (Å²) in [6.45, 7) is 0. The SMILES string of the molecule is Cl.Cl[As](Cl)Cl. The molecule has 0 unspecified atom stereocenters. The van der Waals surface area contributed by atoms with E-state index >= 15 is 0 Å². The molecule has 0 aliphatic rings. The molecule has 0 saturated heterocycles. The van der Waals surface area contributed by atoms with Gasteiger partial charge in [0, 0.05) is 0 Å². The normalized spacial score (nSPS) is 7.20. The molecular weight excluding hydrogens is 217 g/mol. The van der Waals surface area contributed by atoms with Crippen LogP contribution in [0.5, 0.6) is 0 Å². The molecule has 0 aliphatic carbocycles. The molecule has 0 rings (SSSR count). The molecule has 0 aromatic heterocycles. The van der Waals surface area contributed by atoms with Crippen LogP contribution in [0.4, 0.5) is 0 Å². The molecule has 0 N–H and O–H groups in total. The Kier molecular flexibility index (Phi) is 11.3. The number of halogens is 4. The molecule has 0 radical (unpaired) electrons. The van der Waals surface area contributed by atoms with Crippen molar-refractivity contribution < 1.29 is 0 Å². The second-order valence-corrected chi connectivity index (χ2v) is 8.96. The summed E-state index contributed by atoms with van der Waals surface area (Å²) in [5, 5.41) is 0. The van der Waals surface area contributed by atoms with E-state index in [0.29, 0.717) is 0 Å². The fourth-order valence-corrected chi connectivity index (χ4v) is 0. The third kappa shape index (κ3) is 26.8. The third-order valence-corrected chi connectivity index (χ3v) is 0. The van der Waals surface area contributed by atoms with Crippen LogP contribution in [0, 0.1) is 0 Å². The fraction of sp³-hybridized carbons (Fsp3) is 0. The van der Waals surface area contributed by atoms with Crippen molar-refractivity contribution in [1.82, 2.24) is 0 Å². The molecule has 0 spiro atoms. The summed E-state index contributed by atoms with van der Waals surface area (Å²) >= 11 is -1.77. The topological polar surface area (TPSA) is 0 Å². The van der Waals surface area contributed by atoms with Gasteiger partial charge < -0.3 is 0 Å². The molecular formula is HAsCl4. The number of rotatable bonds is 0. The zero-order valence-electron chi connectivity index (χ0n) is 1.99. The van der Waals surface area contributed by atoms with Gasteiger partial charge >= 0.3 is 41.7 Å². The van der Waals surface area contributed by atoms with Crippen LogP contribution in [0.15, 0.2) is 0 Å². The van der Waals surface area contributed by atoms with Gasteiger partial charge in [-0.25, -0.2) is 0 Å². The second kappa shape index (κ2) is 5.72. The van der Waals surface area contributed by atoms with Crippen LogP contribution in [-0.2, 0) is 0 Å². The summed E-state index contributed by atoms with van der Waals surface area (Å²) < 4.78 is 0. The van der Waals surface area contributed by atoms with Crippen molar-refractivity contribution in [3.8, 4) is 0 Å². The van der Waals surface area contributed by atoms with Gasteiger partial charge in [0.1, 0.15) is 0 Å². The summed E-state index contributed by atoms with van der Waals surface area (Å²) in [7, 11) is 14.9. The van der Waals surface area contributed by atoms with Gasteiger partial charge in [-0.15, -0.1) is 12.4 Å². The third-order valence-electron chi connectivity index (χ3n) is 0. The molecule has 0 atom stereocenters. The van der Waals surface area contributed by atoms with E-state index in [2.05, 4.69) is 0 Å². The minimum atomic E-state index is -1.77. The maximum absolute atomic E-state index is 4.95. The summed E-state index contributed by atoms with van der Waals surface area (Å²) in [6.07, 6.45) is 0. The van der Waals surface area contributed by atoms with Crippen molar-refractivity contribution in [1.29, 1.82) is 0 Å². The Morgan fingerprint density at radius 1 is 1.00 bits per heavy atom. The number of hydrogen-bond donors (Lipinski definition) is 0. The summed E-state index contributed by atoms with van der Waals surface area (Å²) in [5.74, 6) is 0. The Labute approximate surface area is 53.9 Å².